The minimum absolute atomic E-state index is 0.0562. The van der Waals surface area contributed by atoms with E-state index in [-0.39, 0.29) is 18.7 Å². The Hall–Kier alpha value is -2.17. The van der Waals surface area contributed by atoms with Crippen molar-refractivity contribution >= 4 is 6.09 Å². The highest BCUT2D eigenvalue weighted by Crippen LogP contribution is 2.31. The molecule has 0 aromatic heterocycles. The highest BCUT2D eigenvalue weighted by atomic mass is 19.4. The number of likely N-dealkylation sites (tertiary alicyclic amines) is 1. The van der Waals surface area contributed by atoms with Crippen LogP contribution in [0.2, 0.25) is 0 Å². The molecule has 11 heteroatoms. The molecule has 1 N–H and O–H groups in total. The third kappa shape index (κ3) is 5.41. The number of hydrogen-bond acceptors (Lipinski definition) is 3. The van der Waals surface area contributed by atoms with E-state index in [9.17, 15) is 31.1 Å². The van der Waals surface area contributed by atoms with E-state index in [4.69, 9.17) is 9.84 Å². The van der Waals surface area contributed by atoms with Gasteiger partial charge in [-0.05, 0) is 24.3 Å². The number of amides is 1. The number of halogens is 6. The molecular weight excluding hydrogens is 360 g/mol. The lowest BCUT2D eigenvalue weighted by molar-refractivity contribution is -0.327. The number of carboxylic acid groups (broad SMARTS) is 1. The molecule has 2 rings (SSSR count). The molecule has 1 fully saturated rings. The van der Waals surface area contributed by atoms with E-state index in [1.807, 2.05) is 0 Å². The van der Waals surface area contributed by atoms with Crippen molar-refractivity contribution in [3.8, 4) is 5.75 Å². The predicted molar refractivity (Wildman–Crippen MR) is 71.0 cm³/mol. The van der Waals surface area contributed by atoms with Crippen molar-refractivity contribution in [2.45, 2.75) is 31.1 Å². The van der Waals surface area contributed by atoms with Gasteiger partial charge in [-0.15, -0.1) is 13.2 Å². The molecule has 140 valence electrons. The molecule has 1 amide bonds. The molecule has 0 unspecified atom stereocenters. The second-order valence-electron chi connectivity index (χ2n) is 5.34. The standard InChI is InChI=1S/C14H13F6NO4/c15-13(16,17)8-1-3-10(4-2-8)25-11-5-9(7-24-14(18,19)20)21(6-11)12(22)23/h1-4,9,11H,5-7H2,(H,22,23)/t9-,11-/m0/s1. The van der Waals surface area contributed by atoms with Gasteiger partial charge in [0, 0.05) is 6.42 Å². The number of nitrogens with zero attached hydrogens (tertiary/aromatic N) is 1. The molecular formula is C14H13F6NO4. The summed E-state index contributed by atoms with van der Waals surface area (Å²) in [5.74, 6) is 0.0562. The molecule has 0 saturated carbocycles. The topological polar surface area (TPSA) is 59.0 Å². The van der Waals surface area contributed by atoms with Crippen molar-refractivity contribution in [2.75, 3.05) is 13.2 Å². The lowest BCUT2D eigenvalue weighted by Crippen LogP contribution is -2.38. The average Bonchev–Trinajstić information content (AvgIpc) is 2.87. The summed E-state index contributed by atoms with van der Waals surface area (Å²) >= 11 is 0. The highest BCUT2D eigenvalue weighted by Gasteiger charge is 2.40. The van der Waals surface area contributed by atoms with Crippen LogP contribution in [0.25, 0.3) is 0 Å². The summed E-state index contributed by atoms with van der Waals surface area (Å²) < 4.78 is 82.8. The third-order valence-electron chi connectivity index (χ3n) is 3.55. The maximum Gasteiger partial charge on any atom is 0.522 e. The van der Waals surface area contributed by atoms with E-state index in [0.29, 0.717) is 0 Å². The monoisotopic (exact) mass is 373 g/mol. The van der Waals surface area contributed by atoms with Gasteiger partial charge in [0.1, 0.15) is 11.9 Å². The fourth-order valence-electron chi connectivity index (χ4n) is 2.46. The Bertz CT molecular complexity index is 601. The van der Waals surface area contributed by atoms with Gasteiger partial charge in [-0.25, -0.2) is 4.79 Å². The van der Waals surface area contributed by atoms with Gasteiger partial charge >= 0.3 is 18.6 Å². The summed E-state index contributed by atoms with van der Waals surface area (Å²) in [6.45, 7) is -1.11. The second kappa shape index (κ2) is 6.98. The lowest BCUT2D eigenvalue weighted by Gasteiger charge is -2.21. The van der Waals surface area contributed by atoms with Crippen molar-refractivity contribution in [3.63, 3.8) is 0 Å². The summed E-state index contributed by atoms with van der Waals surface area (Å²) in [5.41, 5.74) is -0.880. The predicted octanol–water partition coefficient (Wildman–Crippen LogP) is 3.74. The maximum atomic E-state index is 12.5. The Morgan fingerprint density at radius 3 is 2.24 bits per heavy atom. The van der Waals surface area contributed by atoms with Crippen LogP contribution in [0.15, 0.2) is 24.3 Å². The van der Waals surface area contributed by atoms with Crippen LogP contribution >= 0.6 is 0 Å². The third-order valence-corrected chi connectivity index (χ3v) is 3.55. The number of benzene rings is 1. The molecule has 1 aliphatic rings. The van der Waals surface area contributed by atoms with E-state index >= 15 is 0 Å². The van der Waals surface area contributed by atoms with E-state index in [0.717, 1.165) is 29.2 Å². The van der Waals surface area contributed by atoms with Crippen LogP contribution in [0.3, 0.4) is 0 Å². The van der Waals surface area contributed by atoms with Gasteiger partial charge in [0.25, 0.3) is 0 Å². The van der Waals surface area contributed by atoms with Crippen LogP contribution in [0, 0.1) is 0 Å². The Morgan fingerprint density at radius 1 is 1.16 bits per heavy atom. The molecule has 2 atom stereocenters. The summed E-state index contributed by atoms with van der Waals surface area (Å²) in [7, 11) is 0. The second-order valence-corrected chi connectivity index (χ2v) is 5.34. The van der Waals surface area contributed by atoms with Crippen molar-refractivity contribution in [2.24, 2.45) is 0 Å². The quantitative estimate of drug-likeness (QED) is 0.817. The largest absolute Gasteiger partial charge is 0.522 e. The molecule has 1 aromatic rings. The molecule has 1 aromatic carbocycles. The highest BCUT2D eigenvalue weighted by molar-refractivity contribution is 5.66. The first-order chi connectivity index (χ1) is 11.5. The normalized spacial score (nSPS) is 21.4. The summed E-state index contributed by atoms with van der Waals surface area (Å²) in [5, 5.41) is 9.03. The summed E-state index contributed by atoms with van der Waals surface area (Å²) in [4.78, 5) is 11.8. The Kier molecular flexibility index (Phi) is 5.35. The van der Waals surface area contributed by atoms with Crippen molar-refractivity contribution in [3.05, 3.63) is 29.8 Å². The van der Waals surface area contributed by atoms with E-state index in [1.165, 1.54) is 0 Å². The van der Waals surface area contributed by atoms with Gasteiger partial charge in [0.05, 0.1) is 24.8 Å². The number of rotatable bonds is 4. The smallest absolute Gasteiger partial charge is 0.489 e. The van der Waals surface area contributed by atoms with Crippen molar-refractivity contribution in [1.29, 1.82) is 0 Å². The average molecular weight is 373 g/mol. The molecule has 25 heavy (non-hydrogen) atoms. The van der Waals surface area contributed by atoms with Gasteiger partial charge in [-0.1, -0.05) is 0 Å². The van der Waals surface area contributed by atoms with E-state index < -0.39 is 42.9 Å². The number of hydrogen-bond donors (Lipinski definition) is 1. The number of alkyl halides is 6. The molecule has 0 bridgehead atoms. The zero-order valence-electron chi connectivity index (χ0n) is 12.5. The number of ether oxygens (including phenoxy) is 2. The fraction of sp³-hybridized carbons (Fsp3) is 0.500. The number of carbonyl (C=O) groups is 1. The first-order valence-electron chi connectivity index (χ1n) is 7.00. The molecule has 1 heterocycles. The first kappa shape index (κ1) is 19.2. The molecule has 0 radical (unpaired) electrons. The Labute approximate surface area is 137 Å². The molecule has 0 aliphatic carbocycles. The molecule has 0 spiro atoms. The fourth-order valence-corrected chi connectivity index (χ4v) is 2.46. The Balaban J connectivity index is 1.99. The van der Waals surface area contributed by atoms with Crippen LogP contribution in [0.1, 0.15) is 12.0 Å². The lowest BCUT2D eigenvalue weighted by atomic mass is 10.2. The molecule has 1 saturated heterocycles. The summed E-state index contributed by atoms with van der Waals surface area (Å²) in [6.07, 6.45) is -11.7. The van der Waals surface area contributed by atoms with Crippen LogP contribution < -0.4 is 4.74 Å². The SMILES string of the molecule is O=C(O)N1C[C@@H](Oc2ccc(C(F)(F)F)cc2)C[C@H]1COC(F)(F)F. The van der Waals surface area contributed by atoms with Crippen molar-refractivity contribution in [1.82, 2.24) is 4.90 Å². The molecule has 5 nitrogen and oxygen atoms in total. The van der Waals surface area contributed by atoms with Gasteiger partial charge in [0.2, 0.25) is 0 Å². The first-order valence-corrected chi connectivity index (χ1v) is 7.00. The van der Waals surface area contributed by atoms with Gasteiger partial charge < -0.3 is 9.84 Å². The Morgan fingerprint density at radius 2 is 1.76 bits per heavy atom. The van der Waals surface area contributed by atoms with Gasteiger partial charge in [-0.3, -0.25) is 9.64 Å². The minimum Gasteiger partial charge on any atom is -0.489 e. The van der Waals surface area contributed by atoms with Crippen LogP contribution in [0.5, 0.6) is 5.75 Å². The minimum atomic E-state index is -4.89. The molecule has 1 aliphatic heterocycles. The van der Waals surface area contributed by atoms with Crippen LogP contribution in [0.4, 0.5) is 31.1 Å². The van der Waals surface area contributed by atoms with E-state index in [2.05, 4.69) is 4.74 Å². The maximum absolute atomic E-state index is 12.5. The van der Waals surface area contributed by atoms with Crippen molar-refractivity contribution < 1.29 is 45.7 Å². The zero-order valence-corrected chi connectivity index (χ0v) is 12.5. The summed E-state index contributed by atoms with van der Waals surface area (Å²) in [6, 6.07) is 2.65. The van der Waals surface area contributed by atoms with Crippen LogP contribution in [-0.2, 0) is 10.9 Å². The zero-order chi connectivity index (χ0) is 18.8. The van der Waals surface area contributed by atoms with Gasteiger partial charge in [-0.2, -0.15) is 13.2 Å². The van der Waals surface area contributed by atoms with E-state index in [1.54, 1.807) is 0 Å². The van der Waals surface area contributed by atoms with Gasteiger partial charge in [0.15, 0.2) is 0 Å². The van der Waals surface area contributed by atoms with Crippen LogP contribution in [-0.4, -0.2) is 47.8 Å².